The fourth-order valence-electron chi connectivity index (χ4n) is 5.90. The molecule has 10 heteroatoms. The number of nitrogens with one attached hydrogen (secondary N) is 1. The zero-order valence-corrected chi connectivity index (χ0v) is 24.4. The maximum atomic E-state index is 13.3. The predicted molar refractivity (Wildman–Crippen MR) is 159 cm³/mol. The van der Waals surface area contributed by atoms with E-state index in [1.807, 2.05) is 57.6 Å². The third kappa shape index (κ3) is 5.79. The van der Waals surface area contributed by atoms with E-state index in [9.17, 15) is 14.4 Å². The fraction of sp³-hybridized carbons (Fsp3) is 0.419. The van der Waals surface area contributed by atoms with Gasteiger partial charge in [0, 0.05) is 38.3 Å². The number of ether oxygens (including phenoxy) is 1. The highest BCUT2D eigenvalue weighted by Crippen LogP contribution is 2.52. The molecule has 1 aliphatic carbocycles. The summed E-state index contributed by atoms with van der Waals surface area (Å²) in [6.07, 6.45) is 1.23. The van der Waals surface area contributed by atoms with E-state index in [2.05, 4.69) is 31.1 Å². The number of aromatic nitrogens is 1. The number of amides is 3. The highest BCUT2D eigenvalue weighted by Gasteiger charge is 2.57. The molecule has 3 amide bonds. The van der Waals surface area contributed by atoms with E-state index in [1.54, 1.807) is 17.2 Å². The van der Waals surface area contributed by atoms with Gasteiger partial charge < -0.3 is 19.9 Å². The molecule has 6 rings (SSSR count). The summed E-state index contributed by atoms with van der Waals surface area (Å²) >= 11 is 1.37. The van der Waals surface area contributed by atoms with Crippen LogP contribution in [0.15, 0.2) is 60.1 Å². The normalized spacial score (nSPS) is 21.7. The predicted octanol–water partition coefficient (Wildman–Crippen LogP) is 4.40. The van der Waals surface area contributed by atoms with E-state index in [0.717, 1.165) is 0 Å². The summed E-state index contributed by atoms with van der Waals surface area (Å²) < 4.78 is 5.68. The number of fused-ring (bicyclic) bond motifs is 1. The first-order chi connectivity index (χ1) is 19.7. The van der Waals surface area contributed by atoms with Crippen molar-refractivity contribution in [3.8, 4) is 5.06 Å². The van der Waals surface area contributed by atoms with E-state index in [1.165, 1.54) is 16.9 Å². The van der Waals surface area contributed by atoms with Crippen molar-refractivity contribution in [3.63, 3.8) is 0 Å². The second-order valence-electron chi connectivity index (χ2n) is 12.1. The quantitative estimate of drug-likeness (QED) is 0.470. The van der Waals surface area contributed by atoms with E-state index >= 15 is 0 Å². The minimum Gasteiger partial charge on any atom is -0.399 e. The molecule has 9 nitrogen and oxygen atoms in total. The number of benzene rings is 1. The van der Waals surface area contributed by atoms with E-state index < -0.39 is 6.09 Å². The van der Waals surface area contributed by atoms with Gasteiger partial charge in [-0.2, -0.15) is 0 Å². The molecule has 2 unspecified atom stereocenters. The molecule has 0 bridgehead atoms. The first kappa shape index (κ1) is 27.3. The summed E-state index contributed by atoms with van der Waals surface area (Å²) in [5.41, 5.74) is 2.61. The number of pyridine rings is 1. The van der Waals surface area contributed by atoms with Crippen molar-refractivity contribution in [2.24, 2.45) is 17.8 Å². The van der Waals surface area contributed by atoms with Crippen LogP contribution >= 0.6 is 11.3 Å². The molecule has 2 atom stereocenters. The maximum Gasteiger partial charge on any atom is 0.420 e. The van der Waals surface area contributed by atoms with Crippen LogP contribution in [0.1, 0.15) is 36.7 Å². The number of thiophene rings is 1. The number of likely N-dealkylation sites (tertiary alicyclic amines) is 1. The molecule has 0 radical (unpaired) electrons. The van der Waals surface area contributed by atoms with Crippen LogP contribution in [0.25, 0.3) is 0 Å². The molecule has 1 N–H and O–H groups in total. The number of carbonyl (C=O) groups is 3. The molecule has 2 aromatic heterocycles. The Morgan fingerprint density at radius 1 is 1.10 bits per heavy atom. The number of anilines is 2. The maximum absolute atomic E-state index is 13.3. The van der Waals surface area contributed by atoms with Gasteiger partial charge in [-0.25, -0.2) is 9.78 Å². The zero-order valence-electron chi connectivity index (χ0n) is 23.6. The minimum absolute atomic E-state index is 0.0296. The van der Waals surface area contributed by atoms with Crippen molar-refractivity contribution < 1.29 is 19.1 Å². The molecule has 4 heterocycles. The Morgan fingerprint density at radius 3 is 2.46 bits per heavy atom. The summed E-state index contributed by atoms with van der Waals surface area (Å²) in [7, 11) is 0. The van der Waals surface area contributed by atoms with Crippen molar-refractivity contribution in [1.29, 1.82) is 0 Å². The van der Waals surface area contributed by atoms with Crippen LogP contribution in [0.3, 0.4) is 0 Å². The number of carbonyl (C=O) groups excluding carboxylic acids is 3. The second kappa shape index (κ2) is 10.8. The Balaban J connectivity index is 1.12. The number of hydrogen-bond acceptors (Lipinski definition) is 7. The van der Waals surface area contributed by atoms with Gasteiger partial charge >= 0.3 is 6.09 Å². The molecule has 3 aromatic rings. The summed E-state index contributed by atoms with van der Waals surface area (Å²) in [4.78, 5) is 48.4. The molecule has 0 spiro atoms. The number of piperazine rings is 1. The zero-order chi connectivity index (χ0) is 28.7. The number of hydrogen-bond donors (Lipinski definition) is 1. The van der Waals surface area contributed by atoms with Crippen molar-refractivity contribution in [3.05, 3.63) is 71.2 Å². The van der Waals surface area contributed by atoms with Gasteiger partial charge in [-0.3, -0.25) is 14.5 Å². The van der Waals surface area contributed by atoms with Crippen molar-refractivity contribution >= 4 is 40.7 Å². The Morgan fingerprint density at radius 2 is 1.85 bits per heavy atom. The Labute approximate surface area is 244 Å². The second-order valence-corrected chi connectivity index (χ2v) is 13.0. The van der Waals surface area contributed by atoms with Gasteiger partial charge in [0.1, 0.15) is 5.82 Å². The van der Waals surface area contributed by atoms with Gasteiger partial charge in [0.25, 0.3) is 5.91 Å². The molecule has 3 aliphatic rings. The molecule has 3 fully saturated rings. The van der Waals surface area contributed by atoms with E-state index in [4.69, 9.17) is 4.74 Å². The van der Waals surface area contributed by atoms with Crippen LogP contribution in [0.4, 0.5) is 16.3 Å². The van der Waals surface area contributed by atoms with Crippen molar-refractivity contribution in [1.82, 2.24) is 15.2 Å². The highest BCUT2D eigenvalue weighted by atomic mass is 32.1. The molecule has 214 valence electrons. The monoisotopic (exact) mass is 573 g/mol. The largest absolute Gasteiger partial charge is 0.420 e. The van der Waals surface area contributed by atoms with Crippen molar-refractivity contribution in [2.75, 3.05) is 49.1 Å². The Hall–Kier alpha value is -3.92. The van der Waals surface area contributed by atoms with Crippen LogP contribution in [-0.4, -0.2) is 67.1 Å². The lowest BCUT2D eigenvalue weighted by molar-refractivity contribution is -0.120. The van der Waals surface area contributed by atoms with Gasteiger partial charge in [0.05, 0.1) is 18.4 Å². The molecular formula is C31H35N5O4S. The smallest absolute Gasteiger partial charge is 0.399 e. The van der Waals surface area contributed by atoms with Crippen molar-refractivity contribution in [2.45, 2.75) is 26.2 Å². The van der Waals surface area contributed by atoms with Gasteiger partial charge in [0.15, 0.2) is 5.06 Å². The molecule has 41 heavy (non-hydrogen) atoms. The minimum atomic E-state index is -0.448. The average molecular weight is 574 g/mol. The number of nitrogens with zero attached hydrogens (tertiary/aromatic N) is 4. The van der Waals surface area contributed by atoms with Gasteiger partial charge in [-0.15, -0.1) is 11.3 Å². The third-order valence-corrected chi connectivity index (χ3v) is 9.10. The standard InChI is InChI=1S/C31H35N5O4S/c1-31(2,3)21-8-6-20(7-9-21)29(38)35-16-23-24(17-35)25(23)18-36(30(39)40-28-5-4-14-41-28)22-10-11-26(33-15-22)34-13-12-32-27(37)19-34/h4-11,14-15,23-25H,12-13,16-19H2,1-3H3,(H,32,37). The molecule has 2 aliphatic heterocycles. The highest BCUT2D eigenvalue weighted by molar-refractivity contribution is 7.11. The molecular weight excluding hydrogens is 538 g/mol. The lowest BCUT2D eigenvalue weighted by Crippen LogP contribution is -2.48. The van der Waals surface area contributed by atoms with Crippen LogP contribution < -0.4 is 19.9 Å². The average Bonchev–Trinajstić information content (AvgIpc) is 3.31. The number of piperidine rings is 1. The number of rotatable bonds is 6. The van der Waals surface area contributed by atoms with E-state index in [0.29, 0.717) is 66.7 Å². The SMILES string of the molecule is CC(C)(C)c1ccc(C(=O)N2CC3C(C2)C3CN(C(=O)Oc2cccs2)c2ccc(N3CCNC(=O)C3)nc2)cc1. The van der Waals surface area contributed by atoms with Gasteiger partial charge in [-0.05, 0) is 70.5 Å². The lowest BCUT2D eigenvalue weighted by Gasteiger charge is -2.28. The fourth-order valence-corrected chi connectivity index (χ4v) is 6.47. The lowest BCUT2D eigenvalue weighted by atomic mass is 9.86. The molecule has 1 aromatic carbocycles. The molecule has 2 saturated heterocycles. The molecule has 1 saturated carbocycles. The summed E-state index contributed by atoms with van der Waals surface area (Å²) in [5.74, 6) is 1.72. The topological polar surface area (TPSA) is 95.1 Å². The Bertz CT molecular complexity index is 1410. The summed E-state index contributed by atoms with van der Waals surface area (Å²) in [6, 6.07) is 15.3. The summed E-state index contributed by atoms with van der Waals surface area (Å²) in [6.45, 7) is 9.89. The van der Waals surface area contributed by atoms with Crippen LogP contribution in [0, 0.1) is 17.8 Å². The van der Waals surface area contributed by atoms with Crippen LogP contribution in [-0.2, 0) is 10.2 Å². The Kier molecular flexibility index (Phi) is 7.19. The van der Waals surface area contributed by atoms with Gasteiger partial charge in [-0.1, -0.05) is 32.9 Å². The van der Waals surface area contributed by atoms with Crippen LogP contribution in [0.5, 0.6) is 5.06 Å². The summed E-state index contributed by atoms with van der Waals surface area (Å²) in [5, 5.41) is 5.22. The first-order valence-electron chi connectivity index (χ1n) is 14.1. The first-order valence-corrected chi connectivity index (χ1v) is 15.0. The van der Waals surface area contributed by atoms with Gasteiger partial charge in [0.2, 0.25) is 5.91 Å². The third-order valence-electron chi connectivity index (χ3n) is 8.36. The van der Waals surface area contributed by atoms with Crippen LogP contribution in [0.2, 0.25) is 0 Å². The van der Waals surface area contributed by atoms with E-state index in [-0.39, 0.29) is 29.7 Å².